The van der Waals surface area contributed by atoms with Crippen molar-refractivity contribution in [3.8, 4) is 0 Å². The number of hydrogen-bond donors (Lipinski definition) is 1. The van der Waals surface area contributed by atoms with Crippen LogP contribution in [-0.4, -0.2) is 39.8 Å². The van der Waals surface area contributed by atoms with Crippen molar-refractivity contribution in [1.82, 2.24) is 14.9 Å². The van der Waals surface area contributed by atoms with Crippen molar-refractivity contribution in [2.75, 3.05) is 18.4 Å². The second kappa shape index (κ2) is 6.24. The van der Waals surface area contributed by atoms with Gasteiger partial charge < -0.3 is 4.90 Å². The molecule has 0 radical (unpaired) electrons. The minimum Gasteiger partial charge on any atom is -0.333 e. The number of carbonyl (C=O) groups is 2. The Morgan fingerprint density at radius 3 is 2.56 bits per heavy atom. The van der Waals surface area contributed by atoms with E-state index in [0.29, 0.717) is 12.5 Å². The molecule has 27 heavy (non-hydrogen) atoms. The fourth-order valence-corrected chi connectivity index (χ4v) is 5.52. The molecule has 2 unspecified atom stereocenters. The van der Waals surface area contributed by atoms with Crippen molar-refractivity contribution >= 4 is 17.8 Å². The maximum Gasteiger partial charge on any atom is 0.246 e. The topological polar surface area (TPSA) is 75.2 Å². The molecule has 4 aliphatic rings. The molecule has 3 aliphatic carbocycles. The number of amides is 2. The highest BCUT2D eigenvalue weighted by atomic mass is 19.1. The van der Waals surface area contributed by atoms with Gasteiger partial charge in [0, 0.05) is 12.5 Å². The summed E-state index contributed by atoms with van der Waals surface area (Å²) in [6, 6.07) is 0. The van der Waals surface area contributed by atoms with Crippen molar-refractivity contribution in [2.24, 2.45) is 29.1 Å². The minimum atomic E-state index is -0.553. The van der Waals surface area contributed by atoms with Gasteiger partial charge in [-0.3, -0.25) is 14.9 Å². The van der Waals surface area contributed by atoms with Gasteiger partial charge in [0.1, 0.15) is 0 Å². The Hall–Kier alpha value is -2.05. The molecule has 3 atom stereocenters. The Morgan fingerprint density at radius 2 is 1.89 bits per heavy atom. The molecule has 0 bridgehead atoms. The summed E-state index contributed by atoms with van der Waals surface area (Å²) in [4.78, 5) is 34.7. The Morgan fingerprint density at radius 1 is 1.19 bits per heavy atom. The van der Waals surface area contributed by atoms with Crippen LogP contribution in [0.4, 0.5) is 10.3 Å². The molecule has 6 nitrogen and oxygen atoms in total. The minimum absolute atomic E-state index is 0.0244. The third-order valence-corrected chi connectivity index (χ3v) is 7.20. The largest absolute Gasteiger partial charge is 0.333 e. The third-order valence-electron chi connectivity index (χ3n) is 7.20. The van der Waals surface area contributed by atoms with E-state index in [9.17, 15) is 14.0 Å². The average molecular weight is 372 g/mol. The molecule has 7 heteroatoms. The lowest BCUT2D eigenvalue weighted by Gasteiger charge is -2.48. The molecule has 5 rings (SSSR count). The molecule has 1 aromatic rings. The van der Waals surface area contributed by atoms with E-state index in [2.05, 4.69) is 15.3 Å². The highest BCUT2D eigenvalue weighted by Gasteiger charge is 2.60. The van der Waals surface area contributed by atoms with Gasteiger partial charge in [0.15, 0.2) is 5.82 Å². The van der Waals surface area contributed by atoms with Gasteiger partial charge in [0.25, 0.3) is 0 Å². The number of nitrogens with zero attached hydrogens (tertiary/aromatic N) is 3. The summed E-state index contributed by atoms with van der Waals surface area (Å²) in [6.07, 6.45) is 10.5. The van der Waals surface area contributed by atoms with Crippen molar-refractivity contribution in [2.45, 2.75) is 44.9 Å². The van der Waals surface area contributed by atoms with E-state index in [0.717, 1.165) is 37.1 Å². The Labute approximate surface area is 157 Å². The number of anilines is 1. The summed E-state index contributed by atoms with van der Waals surface area (Å²) in [7, 11) is 0. The zero-order chi connectivity index (χ0) is 18.6. The number of likely N-dealkylation sites (tertiary alicyclic amines) is 1. The van der Waals surface area contributed by atoms with Crippen molar-refractivity contribution < 1.29 is 14.0 Å². The molecule has 0 aromatic carbocycles. The van der Waals surface area contributed by atoms with Gasteiger partial charge in [0.05, 0.1) is 18.9 Å². The maximum absolute atomic E-state index is 13.1. The first-order chi connectivity index (χ1) is 13.0. The van der Waals surface area contributed by atoms with E-state index in [1.165, 1.54) is 32.1 Å². The van der Waals surface area contributed by atoms with Crippen LogP contribution in [0.25, 0.3) is 0 Å². The van der Waals surface area contributed by atoms with E-state index < -0.39 is 5.82 Å². The highest BCUT2D eigenvalue weighted by molar-refractivity contribution is 5.94. The lowest BCUT2D eigenvalue weighted by Crippen LogP contribution is -2.55. The van der Waals surface area contributed by atoms with Gasteiger partial charge in [-0.2, -0.15) is 0 Å². The standard InChI is InChI=1S/C20H25FN4O2/c21-14-8-22-19(23-9-14)24-17(26)10-25-11-20(5-6-20)16-7-13(12-1-2-12)3-4-15(16)18(25)27/h8-9,12-13,15-16H,1-7,10-11H2,(H,22,23,24,26)/t13-,15?,16?/m0/s1. The summed E-state index contributed by atoms with van der Waals surface area (Å²) in [5.41, 5.74) is 0.249. The van der Waals surface area contributed by atoms with Crippen LogP contribution in [0.15, 0.2) is 12.4 Å². The molecule has 1 spiro atoms. The molecule has 1 N–H and O–H groups in total. The number of hydrogen-bond acceptors (Lipinski definition) is 4. The van der Waals surface area contributed by atoms with Crippen LogP contribution in [0.5, 0.6) is 0 Å². The van der Waals surface area contributed by atoms with Crippen LogP contribution in [0.1, 0.15) is 44.9 Å². The molecular formula is C20H25FN4O2. The zero-order valence-electron chi connectivity index (χ0n) is 15.4. The molecule has 2 amide bonds. The first-order valence-corrected chi connectivity index (χ1v) is 10.1. The van der Waals surface area contributed by atoms with Crippen LogP contribution < -0.4 is 5.32 Å². The van der Waals surface area contributed by atoms with Gasteiger partial charge in [0.2, 0.25) is 17.8 Å². The van der Waals surface area contributed by atoms with Gasteiger partial charge in [-0.05, 0) is 68.1 Å². The van der Waals surface area contributed by atoms with Crippen molar-refractivity contribution in [1.29, 1.82) is 0 Å². The summed E-state index contributed by atoms with van der Waals surface area (Å²) in [6.45, 7) is 0.721. The molecule has 144 valence electrons. The number of carbonyl (C=O) groups excluding carboxylic acids is 2. The third kappa shape index (κ3) is 3.21. The molecule has 1 aliphatic heterocycles. The second-order valence-corrected chi connectivity index (χ2v) is 8.95. The quantitative estimate of drug-likeness (QED) is 0.882. The number of piperidine rings is 1. The van der Waals surface area contributed by atoms with Crippen LogP contribution >= 0.6 is 0 Å². The molecule has 4 fully saturated rings. The van der Waals surface area contributed by atoms with E-state index >= 15 is 0 Å². The molecule has 1 aromatic heterocycles. The van der Waals surface area contributed by atoms with Crippen LogP contribution in [0.3, 0.4) is 0 Å². The average Bonchev–Trinajstić information content (AvgIpc) is 3.57. The predicted molar refractivity (Wildman–Crippen MR) is 95.9 cm³/mol. The number of aromatic nitrogens is 2. The summed E-state index contributed by atoms with van der Waals surface area (Å²) < 4.78 is 12.9. The van der Waals surface area contributed by atoms with E-state index in [1.54, 1.807) is 4.90 Å². The first-order valence-electron chi connectivity index (χ1n) is 10.1. The fraction of sp³-hybridized carbons (Fsp3) is 0.700. The second-order valence-electron chi connectivity index (χ2n) is 8.95. The lowest BCUT2D eigenvalue weighted by atomic mass is 9.63. The molecule has 2 heterocycles. The predicted octanol–water partition coefficient (Wildman–Crippen LogP) is 2.62. The number of nitrogens with one attached hydrogen (secondary N) is 1. The van der Waals surface area contributed by atoms with Gasteiger partial charge >= 0.3 is 0 Å². The number of halogens is 1. The summed E-state index contributed by atoms with van der Waals surface area (Å²) >= 11 is 0. The zero-order valence-corrected chi connectivity index (χ0v) is 15.4. The first kappa shape index (κ1) is 17.1. The highest BCUT2D eigenvalue weighted by Crippen LogP contribution is 2.63. The van der Waals surface area contributed by atoms with Crippen LogP contribution in [-0.2, 0) is 9.59 Å². The number of rotatable bonds is 4. The molecule has 1 saturated heterocycles. The number of fused-ring (bicyclic) bond motifs is 2. The Bertz CT molecular complexity index is 760. The molecular weight excluding hydrogens is 347 g/mol. The van der Waals surface area contributed by atoms with Crippen LogP contribution in [0.2, 0.25) is 0 Å². The molecule has 3 saturated carbocycles. The fourth-order valence-electron chi connectivity index (χ4n) is 5.52. The van der Waals surface area contributed by atoms with Crippen molar-refractivity contribution in [3.63, 3.8) is 0 Å². The van der Waals surface area contributed by atoms with E-state index in [4.69, 9.17) is 0 Å². The smallest absolute Gasteiger partial charge is 0.246 e. The van der Waals surface area contributed by atoms with Crippen molar-refractivity contribution in [3.05, 3.63) is 18.2 Å². The van der Waals surface area contributed by atoms with Gasteiger partial charge in [-0.25, -0.2) is 14.4 Å². The Balaban J connectivity index is 1.25. The summed E-state index contributed by atoms with van der Waals surface area (Å²) in [5.74, 6) is 1.67. The van der Waals surface area contributed by atoms with Gasteiger partial charge in [-0.1, -0.05) is 0 Å². The SMILES string of the molecule is O=C(CN1CC2(CC2)C2C[C@@H](C3CC3)CCC2C1=O)Nc1ncc(F)cn1. The summed E-state index contributed by atoms with van der Waals surface area (Å²) in [5, 5.41) is 2.57. The Kier molecular flexibility index (Phi) is 3.95. The normalized spacial score (nSPS) is 31.5. The lowest BCUT2D eigenvalue weighted by molar-refractivity contribution is -0.151. The monoisotopic (exact) mass is 372 g/mol. The van der Waals surface area contributed by atoms with E-state index in [1.807, 2.05) is 0 Å². The maximum atomic E-state index is 13.1. The van der Waals surface area contributed by atoms with E-state index in [-0.39, 0.29) is 35.6 Å². The van der Waals surface area contributed by atoms with Gasteiger partial charge in [-0.15, -0.1) is 0 Å². The van der Waals surface area contributed by atoms with Crippen LogP contribution in [0, 0.1) is 34.9 Å².